The lowest BCUT2D eigenvalue weighted by atomic mass is 10.0. The number of aromatic nitrogens is 2. The molecule has 2 atom stereocenters. The highest BCUT2D eigenvalue weighted by atomic mass is 19.4. The predicted octanol–water partition coefficient (Wildman–Crippen LogP) is 5.31. The number of rotatable bonds is 5. The maximum absolute atomic E-state index is 13.6. The van der Waals surface area contributed by atoms with Crippen molar-refractivity contribution >= 4 is 17.0 Å². The number of para-hydroxylation sites is 2. The number of alkyl halides is 3. The van der Waals surface area contributed by atoms with E-state index in [0.29, 0.717) is 12.1 Å². The van der Waals surface area contributed by atoms with Crippen molar-refractivity contribution in [2.45, 2.75) is 70.9 Å². The van der Waals surface area contributed by atoms with Gasteiger partial charge in [-0.25, -0.2) is 9.59 Å². The van der Waals surface area contributed by atoms with Crippen LogP contribution in [0.1, 0.15) is 51.6 Å². The molecule has 4 rings (SSSR count). The normalized spacial score (nSPS) is 17.7. The molecule has 6 nitrogen and oxygen atoms in total. The minimum Gasteiger partial charge on any atom is -0.475 e. The molecule has 0 amide bonds. The van der Waals surface area contributed by atoms with E-state index in [-0.39, 0.29) is 11.7 Å². The number of hydrogen-bond acceptors (Lipinski definition) is 3. The zero-order valence-electron chi connectivity index (χ0n) is 20.2. The molecule has 1 aliphatic rings. The summed E-state index contributed by atoms with van der Waals surface area (Å²) in [6.45, 7) is 8.56. The minimum atomic E-state index is -5.08. The number of aliphatic carboxylic acids is 1. The molecular weight excluding hydrogens is 459 g/mol. The van der Waals surface area contributed by atoms with Gasteiger partial charge in [-0.3, -0.25) is 14.0 Å². The smallest absolute Gasteiger partial charge is 0.475 e. The summed E-state index contributed by atoms with van der Waals surface area (Å²) in [6.07, 6.45) is -1.41. The summed E-state index contributed by atoms with van der Waals surface area (Å²) in [5, 5.41) is 7.12. The minimum absolute atomic E-state index is 0.00686. The second kappa shape index (κ2) is 11.1. The topological polar surface area (TPSA) is 67.5 Å². The van der Waals surface area contributed by atoms with E-state index in [2.05, 4.69) is 49.9 Å². The van der Waals surface area contributed by atoms with Gasteiger partial charge >= 0.3 is 17.8 Å². The number of fused-ring (bicyclic) bond motifs is 1. The van der Waals surface area contributed by atoms with E-state index >= 15 is 0 Å². The van der Waals surface area contributed by atoms with Crippen molar-refractivity contribution in [3.05, 3.63) is 70.6 Å². The van der Waals surface area contributed by atoms with Crippen molar-refractivity contribution in [1.82, 2.24) is 14.0 Å². The van der Waals surface area contributed by atoms with Crippen LogP contribution in [0.2, 0.25) is 0 Å². The van der Waals surface area contributed by atoms with E-state index in [0.717, 1.165) is 29.7 Å². The first-order valence-electron chi connectivity index (χ1n) is 11.8. The molecule has 1 fully saturated rings. The predicted molar refractivity (Wildman–Crippen MR) is 130 cm³/mol. The standard InChI is InChI=1S/C24H31N3O.C2HF3O2/c1-18(2)25-16-10-9-13-21(25)17-26-22-14-7-8-15-23(22)27(24(26)28)19(3)20-11-5-4-6-12-20;3-2(4,5)1(6)7/h4-8,11-12,14-15,18-19,21H,9-10,13,16-17H2,1-3H3;(H,6,7). The number of halogens is 3. The Kier molecular flexibility index (Phi) is 8.43. The molecule has 3 aromatic rings. The summed E-state index contributed by atoms with van der Waals surface area (Å²) in [4.78, 5) is 25.0. The van der Waals surface area contributed by atoms with Gasteiger partial charge in [-0.1, -0.05) is 48.9 Å². The Bertz CT molecular complexity index is 1190. The number of carboxylic acid groups (broad SMARTS) is 1. The quantitative estimate of drug-likeness (QED) is 0.525. The molecule has 0 aliphatic carbocycles. The van der Waals surface area contributed by atoms with Crippen LogP contribution in [0.4, 0.5) is 13.2 Å². The Morgan fingerprint density at radius 1 is 1.00 bits per heavy atom. The first-order valence-corrected chi connectivity index (χ1v) is 11.8. The Morgan fingerprint density at radius 3 is 2.14 bits per heavy atom. The number of imidazole rings is 1. The summed E-state index contributed by atoms with van der Waals surface area (Å²) >= 11 is 0. The third-order valence-electron chi connectivity index (χ3n) is 6.51. The van der Waals surface area contributed by atoms with E-state index < -0.39 is 12.1 Å². The summed E-state index contributed by atoms with van der Waals surface area (Å²) in [6, 6.07) is 19.5. The molecule has 0 radical (unpaired) electrons. The van der Waals surface area contributed by atoms with Crippen molar-refractivity contribution in [2.24, 2.45) is 0 Å². The molecule has 1 aromatic heterocycles. The average molecular weight is 492 g/mol. The number of benzene rings is 2. The maximum Gasteiger partial charge on any atom is 0.490 e. The molecule has 9 heteroatoms. The molecule has 1 saturated heterocycles. The fourth-order valence-corrected chi connectivity index (χ4v) is 4.77. The zero-order chi connectivity index (χ0) is 25.8. The highest BCUT2D eigenvalue weighted by Gasteiger charge is 2.38. The highest BCUT2D eigenvalue weighted by Crippen LogP contribution is 2.25. The van der Waals surface area contributed by atoms with Crippen molar-refractivity contribution in [2.75, 3.05) is 6.54 Å². The molecule has 35 heavy (non-hydrogen) atoms. The van der Waals surface area contributed by atoms with Crippen LogP contribution in [0.5, 0.6) is 0 Å². The number of carbonyl (C=O) groups is 1. The van der Waals surface area contributed by atoms with Crippen LogP contribution in [-0.4, -0.2) is 49.9 Å². The molecular formula is C26H32F3N3O3. The van der Waals surface area contributed by atoms with Crippen LogP contribution in [-0.2, 0) is 11.3 Å². The van der Waals surface area contributed by atoms with E-state index in [4.69, 9.17) is 9.90 Å². The second-order valence-corrected chi connectivity index (χ2v) is 9.12. The van der Waals surface area contributed by atoms with E-state index in [1.807, 2.05) is 39.5 Å². The lowest BCUT2D eigenvalue weighted by Gasteiger charge is -2.38. The van der Waals surface area contributed by atoms with Gasteiger partial charge in [0.15, 0.2) is 0 Å². The molecule has 0 bridgehead atoms. The molecule has 1 N–H and O–H groups in total. The fourth-order valence-electron chi connectivity index (χ4n) is 4.77. The largest absolute Gasteiger partial charge is 0.490 e. The Morgan fingerprint density at radius 2 is 1.57 bits per heavy atom. The molecule has 1 aliphatic heterocycles. The van der Waals surface area contributed by atoms with Gasteiger partial charge in [0, 0.05) is 18.6 Å². The van der Waals surface area contributed by atoms with Crippen LogP contribution in [0.15, 0.2) is 59.4 Å². The maximum atomic E-state index is 13.6. The van der Waals surface area contributed by atoms with E-state index in [1.165, 1.54) is 19.3 Å². The number of likely N-dealkylation sites (tertiary alicyclic amines) is 1. The third kappa shape index (κ3) is 6.14. The van der Waals surface area contributed by atoms with Gasteiger partial charge in [0.2, 0.25) is 0 Å². The van der Waals surface area contributed by atoms with Crippen LogP contribution < -0.4 is 5.69 Å². The average Bonchev–Trinajstić information content (AvgIpc) is 3.10. The van der Waals surface area contributed by atoms with E-state index in [9.17, 15) is 18.0 Å². The van der Waals surface area contributed by atoms with Gasteiger partial charge in [-0.15, -0.1) is 0 Å². The van der Waals surface area contributed by atoms with Crippen LogP contribution in [0.25, 0.3) is 11.0 Å². The second-order valence-electron chi connectivity index (χ2n) is 9.12. The van der Waals surface area contributed by atoms with Gasteiger partial charge in [0.25, 0.3) is 0 Å². The molecule has 2 unspecified atom stereocenters. The first-order chi connectivity index (χ1) is 16.5. The zero-order valence-corrected chi connectivity index (χ0v) is 20.2. The van der Waals surface area contributed by atoms with Crippen LogP contribution in [0.3, 0.4) is 0 Å². The van der Waals surface area contributed by atoms with Gasteiger partial charge in [0.05, 0.1) is 17.1 Å². The van der Waals surface area contributed by atoms with Gasteiger partial charge < -0.3 is 5.11 Å². The third-order valence-corrected chi connectivity index (χ3v) is 6.51. The highest BCUT2D eigenvalue weighted by molar-refractivity contribution is 5.76. The Hall–Kier alpha value is -3.07. The number of nitrogens with zero attached hydrogens (tertiary/aromatic N) is 3. The summed E-state index contributed by atoms with van der Waals surface area (Å²) < 4.78 is 35.7. The SMILES string of the molecule is CC(C)N1CCCCC1Cn1c(=O)n(C(C)c2ccccc2)c2ccccc21.O=C(O)C(F)(F)F. The molecule has 0 saturated carbocycles. The molecule has 190 valence electrons. The number of carboxylic acids is 1. The number of hydrogen-bond donors (Lipinski definition) is 1. The van der Waals surface area contributed by atoms with Crippen LogP contribution >= 0.6 is 0 Å². The van der Waals surface area contributed by atoms with Crippen molar-refractivity contribution in [3.8, 4) is 0 Å². The Balaban J connectivity index is 0.000000429. The molecule has 0 spiro atoms. The molecule has 2 heterocycles. The van der Waals surface area contributed by atoms with Crippen molar-refractivity contribution in [3.63, 3.8) is 0 Å². The van der Waals surface area contributed by atoms with E-state index in [1.54, 1.807) is 0 Å². The first kappa shape index (κ1) is 26.5. The van der Waals surface area contributed by atoms with Gasteiger partial charge in [-0.2, -0.15) is 13.2 Å². The number of piperidine rings is 1. The monoisotopic (exact) mass is 491 g/mol. The summed E-state index contributed by atoms with van der Waals surface area (Å²) in [5.41, 5.74) is 3.33. The van der Waals surface area contributed by atoms with Crippen LogP contribution in [0, 0.1) is 0 Å². The summed E-state index contributed by atoms with van der Waals surface area (Å²) in [7, 11) is 0. The van der Waals surface area contributed by atoms with Crippen molar-refractivity contribution in [1.29, 1.82) is 0 Å². The Labute approximate surface area is 202 Å². The van der Waals surface area contributed by atoms with Crippen molar-refractivity contribution < 1.29 is 23.1 Å². The van der Waals surface area contributed by atoms with Gasteiger partial charge in [-0.05, 0) is 57.9 Å². The lowest BCUT2D eigenvalue weighted by Crippen LogP contribution is -2.47. The fraction of sp³-hybridized carbons (Fsp3) is 0.462. The molecule has 2 aromatic carbocycles. The van der Waals surface area contributed by atoms with Gasteiger partial charge in [0.1, 0.15) is 0 Å². The lowest BCUT2D eigenvalue weighted by molar-refractivity contribution is -0.192. The summed E-state index contributed by atoms with van der Waals surface area (Å²) in [5.74, 6) is -2.76.